The Morgan fingerprint density at radius 2 is 1.87 bits per heavy atom. The number of aromatic nitrogens is 1. The van der Waals surface area contributed by atoms with Crippen LogP contribution in [0.3, 0.4) is 0 Å². The second-order valence-electron chi connectivity index (χ2n) is 10.8. The highest BCUT2D eigenvalue weighted by molar-refractivity contribution is 5.95. The molecular formula is C28H41N5O5. The molecule has 1 saturated heterocycles. The highest BCUT2D eigenvalue weighted by atomic mass is 16.4. The van der Waals surface area contributed by atoms with Gasteiger partial charge >= 0.3 is 5.97 Å². The molecule has 10 nitrogen and oxygen atoms in total. The lowest BCUT2D eigenvalue weighted by Gasteiger charge is -2.30. The summed E-state index contributed by atoms with van der Waals surface area (Å²) >= 11 is 0. The molecule has 0 radical (unpaired) electrons. The molecule has 5 unspecified atom stereocenters. The van der Waals surface area contributed by atoms with Crippen molar-refractivity contribution < 1.29 is 24.3 Å². The lowest BCUT2D eigenvalue weighted by atomic mass is 9.96. The number of H-pyrrole nitrogens is 1. The SMILES string of the molecule is CCC(C)C(NC(=O)C1CCCN1C(=O)C(N)Cc1c[nH]c2ccccc12)C(=O)NC(CC(C)C)C(=O)O. The molecule has 6 N–H and O–H groups in total. The number of likely N-dealkylation sites (tertiary alicyclic amines) is 1. The molecule has 3 rings (SSSR count). The van der Waals surface area contributed by atoms with Crippen LogP contribution in [-0.2, 0) is 25.6 Å². The third-order valence-electron chi connectivity index (χ3n) is 7.39. The minimum Gasteiger partial charge on any atom is -0.480 e. The van der Waals surface area contributed by atoms with E-state index in [0.29, 0.717) is 32.2 Å². The summed E-state index contributed by atoms with van der Waals surface area (Å²) < 4.78 is 0. The number of aliphatic carboxylic acids is 1. The average Bonchev–Trinajstić information content (AvgIpc) is 3.53. The number of amides is 3. The molecule has 2 heterocycles. The molecule has 208 valence electrons. The van der Waals surface area contributed by atoms with Crippen molar-refractivity contribution in [1.82, 2.24) is 20.5 Å². The molecule has 10 heteroatoms. The molecule has 0 spiro atoms. The zero-order chi connectivity index (χ0) is 28.0. The highest BCUT2D eigenvalue weighted by Gasteiger charge is 2.39. The number of carbonyl (C=O) groups is 4. The fraction of sp³-hybridized carbons (Fsp3) is 0.571. The van der Waals surface area contributed by atoms with E-state index >= 15 is 0 Å². The van der Waals surface area contributed by atoms with Gasteiger partial charge in [-0.3, -0.25) is 14.4 Å². The quantitative estimate of drug-likeness (QED) is 0.285. The first-order valence-corrected chi connectivity index (χ1v) is 13.5. The number of hydrogen-bond donors (Lipinski definition) is 5. The van der Waals surface area contributed by atoms with Crippen molar-refractivity contribution in [2.45, 2.75) is 84.0 Å². The molecule has 0 aliphatic carbocycles. The number of nitrogens with zero attached hydrogens (tertiary/aromatic N) is 1. The lowest BCUT2D eigenvalue weighted by molar-refractivity contribution is -0.143. The smallest absolute Gasteiger partial charge is 0.326 e. The van der Waals surface area contributed by atoms with E-state index < -0.39 is 42.0 Å². The number of carboxylic acids is 1. The summed E-state index contributed by atoms with van der Waals surface area (Å²) in [5.74, 6) is -2.54. The number of para-hydroxylation sites is 1. The summed E-state index contributed by atoms with van der Waals surface area (Å²) in [7, 11) is 0. The zero-order valence-electron chi connectivity index (χ0n) is 22.7. The Hall–Kier alpha value is -3.40. The van der Waals surface area contributed by atoms with Crippen LogP contribution in [0.15, 0.2) is 30.5 Å². The van der Waals surface area contributed by atoms with Crippen LogP contribution >= 0.6 is 0 Å². The van der Waals surface area contributed by atoms with E-state index in [2.05, 4.69) is 15.6 Å². The Morgan fingerprint density at radius 3 is 2.53 bits per heavy atom. The van der Waals surface area contributed by atoms with Gasteiger partial charge in [0.05, 0.1) is 6.04 Å². The Morgan fingerprint density at radius 1 is 1.16 bits per heavy atom. The maximum atomic E-state index is 13.4. The fourth-order valence-corrected chi connectivity index (χ4v) is 5.05. The van der Waals surface area contributed by atoms with Gasteiger partial charge in [0.2, 0.25) is 17.7 Å². The van der Waals surface area contributed by atoms with E-state index in [0.717, 1.165) is 16.5 Å². The zero-order valence-corrected chi connectivity index (χ0v) is 22.7. The predicted octanol–water partition coefficient (Wildman–Crippen LogP) is 2.18. The number of fused-ring (bicyclic) bond motifs is 1. The van der Waals surface area contributed by atoms with E-state index in [1.807, 2.05) is 58.2 Å². The Bertz CT molecular complexity index is 1150. The predicted molar refractivity (Wildman–Crippen MR) is 145 cm³/mol. The highest BCUT2D eigenvalue weighted by Crippen LogP contribution is 2.23. The summed E-state index contributed by atoms with van der Waals surface area (Å²) in [5, 5.41) is 16.0. The maximum Gasteiger partial charge on any atom is 0.326 e. The first-order chi connectivity index (χ1) is 18.0. The van der Waals surface area contributed by atoms with Gasteiger partial charge in [-0.1, -0.05) is 52.3 Å². The third-order valence-corrected chi connectivity index (χ3v) is 7.39. The standard InChI is InChI=1S/C28H41N5O5/c1-5-17(4)24(26(35)31-22(28(37)38)13-16(2)3)32-25(34)23-11-8-12-33(23)27(36)20(29)14-18-15-30-21-10-7-6-9-19(18)21/h6-7,9-10,15-17,20,22-24,30H,5,8,11-14,29H2,1-4H3,(H,31,35)(H,32,34)(H,37,38). The maximum absolute atomic E-state index is 13.4. The number of nitrogens with one attached hydrogen (secondary N) is 3. The van der Waals surface area contributed by atoms with E-state index in [1.54, 1.807) is 0 Å². The topological polar surface area (TPSA) is 158 Å². The van der Waals surface area contributed by atoms with E-state index in [1.165, 1.54) is 4.90 Å². The monoisotopic (exact) mass is 527 g/mol. The summed E-state index contributed by atoms with van der Waals surface area (Å²) in [6.07, 6.45) is 4.18. The van der Waals surface area contributed by atoms with Gasteiger partial charge in [-0.25, -0.2) is 4.79 Å². The van der Waals surface area contributed by atoms with Gasteiger partial charge in [0.25, 0.3) is 0 Å². The van der Waals surface area contributed by atoms with Crippen LogP contribution < -0.4 is 16.4 Å². The fourth-order valence-electron chi connectivity index (χ4n) is 5.05. The van der Waals surface area contributed by atoms with Gasteiger partial charge in [0.1, 0.15) is 18.1 Å². The summed E-state index contributed by atoms with van der Waals surface area (Å²) in [6, 6.07) is 4.28. The first-order valence-electron chi connectivity index (χ1n) is 13.5. The van der Waals surface area contributed by atoms with Gasteiger partial charge in [-0.15, -0.1) is 0 Å². The molecule has 1 fully saturated rings. The number of rotatable bonds is 12. The molecule has 38 heavy (non-hydrogen) atoms. The van der Waals surface area contributed by atoms with Crippen LogP contribution in [0.4, 0.5) is 0 Å². The molecule has 1 aromatic heterocycles. The Kier molecular flexibility index (Phi) is 9.90. The number of carbonyl (C=O) groups excluding carboxylic acids is 3. The lowest BCUT2D eigenvalue weighted by Crippen LogP contribution is -2.58. The number of nitrogens with two attached hydrogens (primary N) is 1. The molecular weight excluding hydrogens is 486 g/mol. The van der Waals surface area contributed by atoms with Crippen molar-refractivity contribution >= 4 is 34.6 Å². The Balaban J connectivity index is 1.69. The van der Waals surface area contributed by atoms with E-state index in [9.17, 15) is 24.3 Å². The second-order valence-corrected chi connectivity index (χ2v) is 10.8. The molecule has 0 bridgehead atoms. The number of carboxylic acid groups (broad SMARTS) is 1. The van der Waals surface area contributed by atoms with E-state index in [4.69, 9.17) is 5.73 Å². The van der Waals surface area contributed by atoms with Crippen LogP contribution in [0.25, 0.3) is 10.9 Å². The second kappa shape index (κ2) is 12.9. The van der Waals surface area contributed by atoms with Crippen molar-refractivity contribution in [3.8, 4) is 0 Å². The first kappa shape index (κ1) is 29.2. The van der Waals surface area contributed by atoms with Crippen LogP contribution in [0, 0.1) is 11.8 Å². The molecule has 3 amide bonds. The normalized spacial score (nSPS) is 18.7. The number of hydrogen-bond acceptors (Lipinski definition) is 5. The van der Waals surface area contributed by atoms with Crippen LogP contribution in [0.1, 0.15) is 58.9 Å². The number of aromatic amines is 1. The van der Waals surface area contributed by atoms with Gasteiger partial charge in [0, 0.05) is 23.6 Å². The van der Waals surface area contributed by atoms with Crippen molar-refractivity contribution in [1.29, 1.82) is 0 Å². The third kappa shape index (κ3) is 6.92. The van der Waals surface area contributed by atoms with Crippen molar-refractivity contribution in [2.75, 3.05) is 6.54 Å². The van der Waals surface area contributed by atoms with Gasteiger partial charge in [-0.2, -0.15) is 0 Å². The number of benzene rings is 1. The summed E-state index contributed by atoms with van der Waals surface area (Å²) in [5.41, 5.74) is 8.23. The molecule has 1 aliphatic heterocycles. The Labute approximate surface area is 223 Å². The molecule has 5 atom stereocenters. The molecule has 2 aromatic rings. The van der Waals surface area contributed by atoms with Gasteiger partial charge in [0.15, 0.2) is 0 Å². The minimum atomic E-state index is -1.11. The van der Waals surface area contributed by atoms with Crippen LogP contribution in [0.2, 0.25) is 0 Å². The largest absolute Gasteiger partial charge is 0.480 e. The van der Waals surface area contributed by atoms with E-state index in [-0.39, 0.29) is 24.2 Å². The summed E-state index contributed by atoms with van der Waals surface area (Å²) in [4.78, 5) is 56.2. The van der Waals surface area contributed by atoms with Crippen molar-refractivity contribution in [2.24, 2.45) is 17.6 Å². The molecule has 0 saturated carbocycles. The van der Waals surface area contributed by atoms with Gasteiger partial charge < -0.3 is 31.4 Å². The molecule has 1 aromatic carbocycles. The minimum absolute atomic E-state index is 0.0690. The van der Waals surface area contributed by atoms with Crippen LogP contribution in [0.5, 0.6) is 0 Å². The van der Waals surface area contributed by atoms with Crippen molar-refractivity contribution in [3.63, 3.8) is 0 Å². The molecule has 1 aliphatic rings. The summed E-state index contributed by atoms with van der Waals surface area (Å²) in [6.45, 7) is 7.90. The van der Waals surface area contributed by atoms with Gasteiger partial charge in [-0.05, 0) is 49.1 Å². The average molecular weight is 528 g/mol. The van der Waals surface area contributed by atoms with Crippen LogP contribution in [-0.4, -0.2) is 69.4 Å². The van der Waals surface area contributed by atoms with Crippen molar-refractivity contribution in [3.05, 3.63) is 36.0 Å².